The number of fused-ring (bicyclic) bond motifs is 2. The van der Waals surface area contributed by atoms with Gasteiger partial charge >= 0.3 is 11.9 Å². The molecule has 226 valence electrons. The summed E-state index contributed by atoms with van der Waals surface area (Å²) in [6, 6.07) is 6.70. The zero-order chi connectivity index (χ0) is 31.6. The average molecular weight is 579 g/mol. The predicted molar refractivity (Wildman–Crippen MR) is 162 cm³/mol. The van der Waals surface area contributed by atoms with Gasteiger partial charge in [0.1, 0.15) is 28.8 Å². The van der Waals surface area contributed by atoms with E-state index in [1.165, 1.54) is 0 Å². The molecule has 0 aliphatic rings. The predicted octanol–water partition coefficient (Wildman–Crippen LogP) is 5.91. The largest absolute Gasteiger partial charge is 0.456 e. The summed E-state index contributed by atoms with van der Waals surface area (Å²) in [7, 11) is 0. The second-order valence-electron chi connectivity index (χ2n) is 12.3. The number of pyridine rings is 2. The Morgan fingerprint density at radius 2 is 1.24 bits per heavy atom. The maximum Gasteiger partial charge on any atom is 0.341 e. The number of rotatable bonds is 6. The molecule has 0 bridgehead atoms. The van der Waals surface area contributed by atoms with Crippen molar-refractivity contribution in [2.45, 2.75) is 92.5 Å². The third-order valence-electron chi connectivity index (χ3n) is 6.53. The van der Waals surface area contributed by atoms with Crippen LogP contribution in [-0.2, 0) is 14.3 Å². The quantitative estimate of drug-likeness (QED) is 0.221. The Morgan fingerprint density at radius 1 is 0.833 bits per heavy atom. The second-order valence-corrected chi connectivity index (χ2v) is 12.3. The van der Waals surface area contributed by atoms with Gasteiger partial charge in [-0.1, -0.05) is 0 Å². The molecule has 0 fully saturated rings. The van der Waals surface area contributed by atoms with E-state index in [0.29, 0.717) is 33.5 Å². The van der Waals surface area contributed by atoms with Crippen LogP contribution in [-0.4, -0.2) is 60.2 Å². The summed E-state index contributed by atoms with van der Waals surface area (Å²) in [5, 5.41) is 10.9. The molecule has 10 nitrogen and oxygen atoms in total. The molecule has 0 saturated heterocycles. The number of hydrogen-bond donors (Lipinski definition) is 1. The molecule has 0 aromatic carbocycles. The van der Waals surface area contributed by atoms with Crippen LogP contribution in [0, 0.1) is 13.8 Å². The molecule has 10 heteroatoms. The minimum absolute atomic E-state index is 0.0189. The molecular weight excluding hydrogens is 536 g/mol. The van der Waals surface area contributed by atoms with Crippen LogP contribution < -0.4 is 0 Å². The van der Waals surface area contributed by atoms with Crippen LogP contribution in [0.15, 0.2) is 36.7 Å². The molecule has 4 aromatic heterocycles. The van der Waals surface area contributed by atoms with Crippen molar-refractivity contribution >= 4 is 40.3 Å². The summed E-state index contributed by atoms with van der Waals surface area (Å²) in [5.41, 5.74) is 2.64. The van der Waals surface area contributed by atoms with Crippen LogP contribution in [0.5, 0.6) is 0 Å². The van der Waals surface area contributed by atoms with Crippen LogP contribution in [0.25, 0.3) is 22.1 Å². The summed E-state index contributed by atoms with van der Waals surface area (Å²) in [6.07, 6.45) is 4.16. The molecular formula is C32H42N4O6. The van der Waals surface area contributed by atoms with Gasteiger partial charge in [-0.25, -0.2) is 19.6 Å². The standard InChI is InChI=1S/C16H22N2O3.C16H20N2O3/c2*1-10(9-19)18-11(2)13(15(20)21-16(3,4)5)12-7-6-8-17-14(12)18/h6-8,10,19H,9H2,1-5H3;6-10H,1-5H3. The van der Waals surface area contributed by atoms with Crippen molar-refractivity contribution < 1.29 is 29.0 Å². The van der Waals surface area contributed by atoms with Crippen LogP contribution in [0.2, 0.25) is 0 Å². The topological polar surface area (TPSA) is 126 Å². The van der Waals surface area contributed by atoms with Crippen LogP contribution in [0.4, 0.5) is 0 Å². The van der Waals surface area contributed by atoms with E-state index in [4.69, 9.17) is 9.47 Å². The molecule has 2 atom stereocenters. The van der Waals surface area contributed by atoms with Gasteiger partial charge in [0, 0.05) is 34.6 Å². The molecule has 4 rings (SSSR count). The Kier molecular flexibility index (Phi) is 9.62. The van der Waals surface area contributed by atoms with Gasteiger partial charge in [-0.2, -0.15) is 0 Å². The number of aldehydes is 1. The van der Waals surface area contributed by atoms with E-state index in [-0.39, 0.29) is 18.6 Å². The lowest BCUT2D eigenvalue weighted by Gasteiger charge is -2.20. The first-order valence-corrected chi connectivity index (χ1v) is 14.0. The fraction of sp³-hybridized carbons (Fsp3) is 0.469. The van der Waals surface area contributed by atoms with E-state index in [1.54, 1.807) is 42.9 Å². The molecule has 0 radical (unpaired) electrons. The van der Waals surface area contributed by atoms with E-state index in [0.717, 1.165) is 17.4 Å². The monoisotopic (exact) mass is 578 g/mol. The zero-order valence-corrected chi connectivity index (χ0v) is 26.2. The van der Waals surface area contributed by atoms with Crippen molar-refractivity contribution in [1.82, 2.24) is 19.1 Å². The first kappa shape index (κ1) is 32.5. The molecule has 0 saturated carbocycles. The fourth-order valence-corrected chi connectivity index (χ4v) is 4.87. The number of carbonyl (C=O) groups excluding carboxylic acids is 3. The summed E-state index contributed by atoms with van der Waals surface area (Å²) >= 11 is 0. The summed E-state index contributed by atoms with van der Waals surface area (Å²) in [6.45, 7) is 18.3. The number of aliphatic hydroxyl groups is 1. The van der Waals surface area contributed by atoms with Gasteiger partial charge in [0.15, 0.2) is 0 Å². The fourth-order valence-electron chi connectivity index (χ4n) is 4.87. The Morgan fingerprint density at radius 3 is 1.62 bits per heavy atom. The van der Waals surface area contributed by atoms with E-state index in [1.807, 2.05) is 72.1 Å². The van der Waals surface area contributed by atoms with Gasteiger partial charge in [-0.3, -0.25) is 0 Å². The average Bonchev–Trinajstić information content (AvgIpc) is 3.36. The van der Waals surface area contributed by atoms with Crippen molar-refractivity contribution in [3.63, 3.8) is 0 Å². The smallest absolute Gasteiger partial charge is 0.341 e. The van der Waals surface area contributed by atoms with Gasteiger partial charge in [-0.05, 0) is 93.5 Å². The Labute approximate surface area is 246 Å². The molecule has 0 aliphatic heterocycles. The minimum Gasteiger partial charge on any atom is -0.456 e. The summed E-state index contributed by atoms with van der Waals surface area (Å²) < 4.78 is 14.6. The molecule has 2 unspecified atom stereocenters. The third-order valence-corrected chi connectivity index (χ3v) is 6.53. The second kappa shape index (κ2) is 12.4. The first-order valence-electron chi connectivity index (χ1n) is 14.0. The van der Waals surface area contributed by atoms with E-state index in [9.17, 15) is 19.5 Å². The maximum absolute atomic E-state index is 12.5. The van der Waals surface area contributed by atoms with Crippen molar-refractivity contribution in [1.29, 1.82) is 0 Å². The number of aliphatic hydroxyl groups excluding tert-OH is 1. The lowest BCUT2D eigenvalue weighted by atomic mass is 10.1. The molecule has 0 aliphatic carbocycles. The van der Waals surface area contributed by atoms with E-state index < -0.39 is 23.2 Å². The highest BCUT2D eigenvalue weighted by molar-refractivity contribution is 6.06. The molecule has 0 spiro atoms. The number of nitrogens with zero attached hydrogens (tertiary/aromatic N) is 4. The van der Waals surface area contributed by atoms with E-state index in [2.05, 4.69) is 9.97 Å². The van der Waals surface area contributed by atoms with Crippen LogP contribution in [0.1, 0.15) is 99.6 Å². The van der Waals surface area contributed by atoms with Gasteiger partial charge in [0.05, 0.1) is 29.8 Å². The number of esters is 2. The number of carbonyl (C=O) groups is 3. The highest BCUT2D eigenvalue weighted by Crippen LogP contribution is 2.30. The number of ether oxygens (including phenoxy) is 2. The molecule has 4 aromatic rings. The van der Waals surface area contributed by atoms with Crippen molar-refractivity contribution in [3.05, 3.63) is 59.2 Å². The van der Waals surface area contributed by atoms with Crippen molar-refractivity contribution in [3.8, 4) is 0 Å². The number of aromatic nitrogens is 4. The van der Waals surface area contributed by atoms with Crippen molar-refractivity contribution in [2.24, 2.45) is 0 Å². The number of hydrogen-bond acceptors (Lipinski definition) is 8. The van der Waals surface area contributed by atoms with Crippen molar-refractivity contribution in [2.75, 3.05) is 6.61 Å². The maximum atomic E-state index is 12.5. The highest BCUT2D eigenvalue weighted by Gasteiger charge is 2.28. The highest BCUT2D eigenvalue weighted by atomic mass is 16.6. The molecule has 0 amide bonds. The minimum atomic E-state index is -0.573. The molecule has 4 heterocycles. The first-order chi connectivity index (χ1) is 19.5. The SMILES string of the molecule is Cc1c(C(=O)OC(C)(C)C)c2cccnc2n1C(C)C=O.Cc1c(C(=O)OC(C)(C)C)c2cccnc2n1C(C)CO. The van der Waals surface area contributed by atoms with Crippen LogP contribution in [0.3, 0.4) is 0 Å². The Balaban J connectivity index is 0.000000230. The summed E-state index contributed by atoms with van der Waals surface area (Å²) in [5.74, 6) is -0.753. The van der Waals surface area contributed by atoms with Gasteiger partial charge in [-0.15, -0.1) is 0 Å². The molecule has 1 N–H and O–H groups in total. The summed E-state index contributed by atoms with van der Waals surface area (Å²) in [4.78, 5) is 44.8. The van der Waals surface area contributed by atoms with Gasteiger partial charge in [0.2, 0.25) is 0 Å². The third kappa shape index (κ3) is 6.87. The van der Waals surface area contributed by atoms with Gasteiger partial charge in [0.25, 0.3) is 0 Å². The van der Waals surface area contributed by atoms with E-state index >= 15 is 0 Å². The Hall–Kier alpha value is -4.05. The Bertz CT molecular complexity index is 1600. The molecule has 42 heavy (non-hydrogen) atoms. The lowest BCUT2D eigenvalue weighted by Crippen LogP contribution is -2.24. The lowest BCUT2D eigenvalue weighted by molar-refractivity contribution is -0.110. The van der Waals surface area contributed by atoms with Gasteiger partial charge < -0.3 is 28.5 Å². The zero-order valence-electron chi connectivity index (χ0n) is 26.2. The van der Waals surface area contributed by atoms with Crippen LogP contribution >= 0.6 is 0 Å². The normalized spacial score (nSPS) is 13.3.